The maximum atomic E-state index is 13.6. The van der Waals surface area contributed by atoms with Gasteiger partial charge in [0.05, 0.1) is 7.11 Å². The van der Waals surface area contributed by atoms with E-state index in [1.807, 2.05) is 26.0 Å². The second-order valence-corrected chi connectivity index (χ2v) is 6.16. The van der Waals surface area contributed by atoms with E-state index in [0.29, 0.717) is 11.3 Å². The number of hydrogen-bond donors (Lipinski definition) is 2. The molecule has 7 heteroatoms. The van der Waals surface area contributed by atoms with Crippen molar-refractivity contribution in [1.29, 1.82) is 0 Å². The Labute approximate surface area is 163 Å². The van der Waals surface area contributed by atoms with Gasteiger partial charge in [0, 0.05) is 6.08 Å². The van der Waals surface area contributed by atoms with Crippen LogP contribution in [0.2, 0.25) is 0 Å². The van der Waals surface area contributed by atoms with Crippen molar-refractivity contribution in [1.82, 2.24) is 10.9 Å². The lowest BCUT2D eigenvalue weighted by Crippen LogP contribution is -2.46. The molecular weight excluding hydrogens is 363 g/mol. The predicted molar refractivity (Wildman–Crippen MR) is 104 cm³/mol. The highest BCUT2D eigenvalue weighted by atomic mass is 19.1. The molecule has 2 N–H and O–H groups in total. The van der Waals surface area contributed by atoms with Gasteiger partial charge in [-0.3, -0.25) is 20.4 Å². The largest absolute Gasteiger partial charge is 0.494 e. The van der Waals surface area contributed by atoms with Gasteiger partial charge < -0.3 is 9.47 Å². The summed E-state index contributed by atoms with van der Waals surface area (Å²) in [5.41, 5.74) is 7.03. The second kappa shape index (κ2) is 9.55. The molecule has 1 unspecified atom stereocenters. The first-order valence-corrected chi connectivity index (χ1v) is 8.66. The first-order chi connectivity index (χ1) is 13.3. The molecule has 6 nitrogen and oxygen atoms in total. The standard InChI is InChI=1S/C21H23FN2O4/c1-13-6-5-7-18(14(13)2)28-15(3)21(26)24-23-20(25)11-9-16-8-10-19(27-4)17(22)12-16/h5-12,15H,1-4H3,(H,23,25)(H,24,26). The molecule has 2 aromatic rings. The van der Waals surface area contributed by atoms with Gasteiger partial charge in [-0.1, -0.05) is 18.2 Å². The summed E-state index contributed by atoms with van der Waals surface area (Å²) in [6.07, 6.45) is 1.79. The Morgan fingerprint density at radius 2 is 1.86 bits per heavy atom. The van der Waals surface area contributed by atoms with Gasteiger partial charge in [0.1, 0.15) is 5.75 Å². The number of carbonyl (C=O) groups is 2. The highest BCUT2D eigenvalue weighted by molar-refractivity contribution is 5.93. The van der Waals surface area contributed by atoms with Crippen molar-refractivity contribution in [2.45, 2.75) is 26.9 Å². The number of hydrogen-bond acceptors (Lipinski definition) is 4. The van der Waals surface area contributed by atoms with Crippen LogP contribution in [0, 0.1) is 19.7 Å². The Bertz CT molecular complexity index is 896. The van der Waals surface area contributed by atoms with E-state index in [1.165, 1.54) is 31.4 Å². The predicted octanol–water partition coefficient (Wildman–Crippen LogP) is 3.08. The summed E-state index contributed by atoms with van der Waals surface area (Å²) in [4.78, 5) is 23.9. The van der Waals surface area contributed by atoms with Crippen LogP contribution in [0.15, 0.2) is 42.5 Å². The molecule has 0 bridgehead atoms. The minimum atomic E-state index is -0.805. The first-order valence-electron chi connectivity index (χ1n) is 8.66. The van der Waals surface area contributed by atoms with E-state index in [4.69, 9.17) is 9.47 Å². The fraction of sp³-hybridized carbons (Fsp3) is 0.238. The van der Waals surface area contributed by atoms with Gasteiger partial charge in [0.2, 0.25) is 0 Å². The SMILES string of the molecule is COc1ccc(C=CC(=O)NNC(=O)C(C)Oc2cccc(C)c2C)cc1F. The molecule has 0 aliphatic carbocycles. The third kappa shape index (κ3) is 5.57. The molecule has 0 radical (unpaired) electrons. The molecule has 0 aliphatic heterocycles. The lowest BCUT2D eigenvalue weighted by Gasteiger charge is -2.17. The van der Waals surface area contributed by atoms with Gasteiger partial charge >= 0.3 is 0 Å². The summed E-state index contributed by atoms with van der Waals surface area (Å²) in [5, 5.41) is 0. The number of aryl methyl sites for hydroxylation is 1. The zero-order valence-corrected chi connectivity index (χ0v) is 16.2. The minimum absolute atomic E-state index is 0.117. The summed E-state index contributed by atoms with van der Waals surface area (Å²) in [6, 6.07) is 9.87. The summed E-state index contributed by atoms with van der Waals surface area (Å²) in [7, 11) is 1.37. The fourth-order valence-electron chi connectivity index (χ4n) is 2.32. The Balaban J connectivity index is 1.86. The molecule has 148 valence electrons. The quantitative estimate of drug-likeness (QED) is 0.591. The molecule has 2 rings (SSSR count). The van der Waals surface area contributed by atoms with Crippen molar-refractivity contribution < 1.29 is 23.5 Å². The van der Waals surface area contributed by atoms with Crippen LogP contribution in [0.5, 0.6) is 11.5 Å². The van der Waals surface area contributed by atoms with Crippen molar-refractivity contribution in [3.05, 3.63) is 65.0 Å². The molecule has 28 heavy (non-hydrogen) atoms. The van der Waals surface area contributed by atoms with E-state index in [0.717, 1.165) is 11.1 Å². The van der Waals surface area contributed by atoms with Gasteiger partial charge in [0.25, 0.3) is 11.8 Å². The summed E-state index contributed by atoms with van der Waals surface area (Å²) < 4.78 is 24.1. The molecule has 0 fully saturated rings. The monoisotopic (exact) mass is 386 g/mol. The molecule has 0 spiro atoms. The number of benzene rings is 2. The van der Waals surface area contributed by atoms with Crippen molar-refractivity contribution in [3.63, 3.8) is 0 Å². The topological polar surface area (TPSA) is 76.7 Å². The van der Waals surface area contributed by atoms with Crippen LogP contribution in [0.1, 0.15) is 23.6 Å². The highest BCUT2D eigenvalue weighted by Crippen LogP contribution is 2.21. The third-order valence-corrected chi connectivity index (χ3v) is 4.14. The number of rotatable bonds is 6. The van der Waals surface area contributed by atoms with E-state index >= 15 is 0 Å². The Morgan fingerprint density at radius 3 is 2.54 bits per heavy atom. The van der Waals surface area contributed by atoms with E-state index in [1.54, 1.807) is 19.1 Å². The van der Waals surface area contributed by atoms with Crippen LogP contribution < -0.4 is 20.3 Å². The van der Waals surface area contributed by atoms with Crippen LogP contribution >= 0.6 is 0 Å². The number of nitrogens with one attached hydrogen (secondary N) is 2. The van der Waals surface area contributed by atoms with Gasteiger partial charge in [-0.15, -0.1) is 0 Å². The smallest absolute Gasteiger partial charge is 0.279 e. The summed E-state index contributed by atoms with van der Waals surface area (Å²) >= 11 is 0. The summed E-state index contributed by atoms with van der Waals surface area (Å²) in [6.45, 7) is 5.44. The molecule has 0 saturated carbocycles. The lowest BCUT2D eigenvalue weighted by molar-refractivity contribution is -0.131. The van der Waals surface area contributed by atoms with Gasteiger partial charge in [-0.25, -0.2) is 4.39 Å². The molecule has 0 saturated heterocycles. The molecule has 2 amide bonds. The van der Waals surface area contributed by atoms with E-state index in [9.17, 15) is 14.0 Å². The van der Waals surface area contributed by atoms with Crippen LogP contribution in [-0.2, 0) is 9.59 Å². The van der Waals surface area contributed by atoms with Crippen molar-refractivity contribution in [2.24, 2.45) is 0 Å². The Hall–Kier alpha value is -3.35. The second-order valence-electron chi connectivity index (χ2n) is 6.16. The average molecular weight is 386 g/mol. The number of carbonyl (C=O) groups excluding carboxylic acids is 2. The number of halogens is 1. The minimum Gasteiger partial charge on any atom is -0.494 e. The molecule has 2 aromatic carbocycles. The van der Waals surface area contributed by atoms with E-state index < -0.39 is 23.7 Å². The maximum Gasteiger partial charge on any atom is 0.279 e. The van der Waals surface area contributed by atoms with Crippen molar-refractivity contribution in [2.75, 3.05) is 7.11 Å². The van der Waals surface area contributed by atoms with Crippen LogP contribution in [0.3, 0.4) is 0 Å². The Morgan fingerprint density at radius 1 is 1.11 bits per heavy atom. The fourth-order valence-corrected chi connectivity index (χ4v) is 2.32. The van der Waals surface area contributed by atoms with Crippen LogP contribution in [0.4, 0.5) is 4.39 Å². The molecule has 0 aromatic heterocycles. The number of amides is 2. The van der Waals surface area contributed by atoms with Gasteiger partial charge in [0.15, 0.2) is 17.7 Å². The van der Waals surface area contributed by atoms with Gasteiger partial charge in [-0.2, -0.15) is 0 Å². The van der Waals surface area contributed by atoms with Crippen molar-refractivity contribution in [3.8, 4) is 11.5 Å². The summed E-state index contributed by atoms with van der Waals surface area (Å²) in [5.74, 6) is -0.875. The first kappa shape index (κ1) is 21.0. The third-order valence-electron chi connectivity index (χ3n) is 4.14. The molecular formula is C21H23FN2O4. The zero-order chi connectivity index (χ0) is 20.7. The highest BCUT2D eigenvalue weighted by Gasteiger charge is 2.16. The van der Waals surface area contributed by atoms with Crippen molar-refractivity contribution >= 4 is 17.9 Å². The number of hydrazine groups is 1. The van der Waals surface area contributed by atoms with Crippen LogP contribution in [-0.4, -0.2) is 25.0 Å². The normalized spacial score (nSPS) is 11.8. The molecule has 1 atom stereocenters. The number of ether oxygens (including phenoxy) is 2. The van der Waals surface area contributed by atoms with E-state index in [2.05, 4.69) is 10.9 Å². The maximum absolute atomic E-state index is 13.6. The van der Waals surface area contributed by atoms with Crippen LogP contribution in [0.25, 0.3) is 6.08 Å². The van der Waals surface area contributed by atoms with E-state index in [-0.39, 0.29) is 5.75 Å². The number of methoxy groups -OCH3 is 1. The van der Waals surface area contributed by atoms with Gasteiger partial charge in [-0.05, 0) is 61.7 Å². The molecule has 0 heterocycles. The zero-order valence-electron chi connectivity index (χ0n) is 16.2. The lowest BCUT2D eigenvalue weighted by atomic mass is 10.1. The molecule has 0 aliphatic rings. The Kier molecular flexibility index (Phi) is 7.14. The average Bonchev–Trinajstić information content (AvgIpc) is 2.68.